The molecule has 0 aliphatic carbocycles. The second-order valence-corrected chi connectivity index (χ2v) is 22.6. The van der Waals surface area contributed by atoms with Crippen LogP contribution >= 0.6 is 0 Å². The van der Waals surface area contributed by atoms with Crippen molar-refractivity contribution >= 4 is 25.7 Å². The molecule has 0 aliphatic heterocycles. The highest BCUT2D eigenvalue weighted by Gasteiger charge is 2.58. The Morgan fingerprint density at radius 1 is 0.447 bits per heavy atom. The summed E-state index contributed by atoms with van der Waals surface area (Å²) in [6, 6.07) is 0. The predicted octanol–water partition coefficient (Wildman–Crippen LogP) is 7.72. The van der Waals surface area contributed by atoms with Crippen molar-refractivity contribution in [3.63, 3.8) is 0 Å². The first-order valence-electron chi connectivity index (χ1n) is 15.5. The fraction of sp³-hybridized carbons (Fsp3) is 1.00. The Morgan fingerprint density at radius 3 is 0.974 bits per heavy atom. The van der Waals surface area contributed by atoms with Crippen LogP contribution in [0.15, 0.2) is 0 Å². The van der Waals surface area contributed by atoms with Crippen LogP contribution in [0.25, 0.3) is 0 Å². The van der Waals surface area contributed by atoms with Crippen molar-refractivity contribution in [2.75, 3.05) is 51.7 Å². The van der Waals surface area contributed by atoms with Crippen LogP contribution in [-0.4, -0.2) is 77.4 Å². The van der Waals surface area contributed by atoms with Gasteiger partial charge in [-0.05, 0) is 49.7 Å². The van der Waals surface area contributed by atoms with Gasteiger partial charge in [-0.25, -0.2) is 0 Å². The molecule has 0 spiro atoms. The van der Waals surface area contributed by atoms with Crippen molar-refractivity contribution in [1.29, 1.82) is 0 Å². The zero-order valence-corrected chi connectivity index (χ0v) is 30.0. The average Bonchev–Trinajstić information content (AvgIpc) is 2.86. The van der Waals surface area contributed by atoms with E-state index in [9.17, 15) is 0 Å². The molecule has 38 heavy (non-hydrogen) atoms. The molecule has 0 aromatic carbocycles. The molecule has 0 fully saturated rings. The number of unbranched alkanes of at least 4 members (excludes halogenated alkanes) is 3. The molecular formula is C28H64O7Si3. The molecule has 10 heteroatoms. The standard InChI is InChI=1S/C28H64O7Si3/c1-12-17-20-29-23-36(26(6)7,32-15-4)34-38(28(10)11,25-31-22-19-14-3)35-37(27(8)9,33-16-5)24-30-21-18-13-2/h26-28H,12-25H2,1-11H3. The fourth-order valence-corrected chi connectivity index (χ4v) is 18.5. The molecule has 2 unspecified atom stereocenters. The van der Waals surface area contributed by atoms with Crippen molar-refractivity contribution in [2.45, 2.75) is 131 Å². The highest BCUT2D eigenvalue weighted by Crippen LogP contribution is 2.38. The fourth-order valence-electron chi connectivity index (χ4n) is 4.04. The first-order valence-corrected chi connectivity index (χ1v) is 21.8. The lowest BCUT2D eigenvalue weighted by Gasteiger charge is -2.48. The van der Waals surface area contributed by atoms with Gasteiger partial charge in [-0.2, -0.15) is 0 Å². The van der Waals surface area contributed by atoms with Gasteiger partial charge in [-0.15, -0.1) is 0 Å². The van der Waals surface area contributed by atoms with Crippen molar-refractivity contribution in [1.82, 2.24) is 0 Å². The molecule has 0 bridgehead atoms. The van der Waals surface area contributed by atoms with Gasteiger partial charge in [-0.3, -0.25) is 0 Å². The van der Waals surface area contributed by atoms with Crippen LogP contribution in [0.3, 0.4) is 0 Å². The normalized spacial score (nSPS) is 17.2. The zero-order chi connectivity index (χ0) is 29.1. The molecule has 2 atom stereocenters. The summed E-state index contributed by atoms with van der Waals surface area (Å²) < 4.78 is 46.8. The van der Waals surface area contributed by atoms with E-state index in [0.29, 0.717) is 51.7 Å². The SMILES string of the molecule is CCCCOC[Si](OCC)(O[Si](COCCCC)(O[Si](COCCCC)(OCC)C(C)C)C(C)C)C(C)C. The highest BCUT2D eigenvalue weighted by atomic mass is 28.5. The third-order valence-corrected chi connectivity index (χ3v) is 21.1. The molecule has 0 saturated heterocycles. The minimum atomic E-state index is -3.04. The largest absolute Gasteiger partial charge is 0.412 e. The Morgan fingerprint density at radius 2 is 0.737 bits per heavy atom. The maximum absolute atomic E-state index is 7.41. The van der Waals surface area contributed by atoms with Crippen LogP contribution in [0.1, 0.15) is 115 Å². The van der Waals surface area contributed by atoms with Crippen LogP contribution in [0.4, 0.5) is 0 Å². The number of hydrogen-bond acceptors (Lipinski definition) is 7. The van der Waals surface area contributed by atoms with Gasteiger partial charge in [0.2, 0.25) is 0 Å². The molecule has 0 N–H and O–H groups in total. The van der Waals surface area contributed by atoms with E-state index in [0.717, 1.165) is 38.5 Å². The topological polar surface area (TPSA) is 64.6 Å². The lowest BCUT2D eigenvalue weighted by Crippen LogP contribution is -2.68. The van der Waals surface area contributed by atoms with Gasteiger partial charge in [0.15, 0.2) is 0 Å². The summed E-state index contributed by atoms with van der Waals surface area (Å²) in [7, 11) is -8.70. The summed E-state index contributed by atoms with van der Waals surface area (Å²) in [5.74, 6) is 0. The highest BCUT2D eigenvalue weighted by molar-refractivity contribution is 6.88. The van der Waals surface area contributed by atoms with Gasteiger partial charge in [0.1, 0.15) is 0 Å². The minimum Gasteiger partial charge on any atom is -0.412 e. The smallest absolute Gasteiger partial charge is 0.358 e. The summed E-state index contributed by atoms with van der Waals surface area (Å²) in [4.78, 5) is 0. The Bertz CT molecular complexity index is 533. The maximum atomic E-state index is 7.41. The van der Waals surface area contributed by atoms with Gasteiger partial charge in [0.25, 0.3) is 0 Å². The van der Waals surface area contributed by atoms with Gasteiger partial charge in [-0.1, -0.05) is 81.6 Å². The molecule has 7 nitrogen and oxygen atoms in total. The number of ether oxygens (including phenoxy) is 3. The molecule has 230 valence electrons. The second kappa shape index (κ2) is 21.1. The summed E-state index contributed by atoms with van der Waals surface area (Å²) in [6.07, 6.45) is 7.80. The van der Waals surface area contributed by atoms with Crippen molar-refractivity contribution in [3.05, 3.63) is 0 Å². The summed E-state index contributed by atoms with van der Waals surface area (Å²) in [5, 5.41) is 0. The molecule has 0 aromatic heterocycles. The lowest BCUT2D eigenvalue weighted by molar-refractivity contribution is 0.0848. The molecule has 0 aromatic rings. The molecule has 0 amide bonds. The Labute approximate surface area is 239 Å². The molecule has 0 aliphatic rings. The van der Waals surface area contributed by atoms with Gasteiger partial charge >= 0.3 is 25.7 Å². The number of hydrogen-bond donors (Lipinski definition) is 0. The molecular weight excluding hydrogens is 533 g/mol. The van der Waals surface area contributed by atoms with Gasteiger partial charge in [0.05, 0.1) is 18.7 Å². The Hall–Kier alpha value is 0.371. The lowest BCUT2D eigenvalue weighted by atomic mass is 10.4. The van der Waals surface area contributed by atoms with Crippen molar-refractivity contribution < 1.29 is 31.3 Å². The third kappa shape index (κ3) is 12.9. The first kappa shape index (κ1) is 38.4. The quantitative estimate of drug-likeness (QED) is 0.0748. The summed E-state index contributed by atoms with van der Waals surface area (Å²) in [5.41, 5.74) is 0.515. The van der Waals surface area contributed by atoms with E-state index in [4.69, 9.17) is 31.3 Å². The van der Waals surface area contributed by atoms with E-state index in [1.807, 2.05) is 13.8 Å². The molecule has 0 rings (SSSR count). The zero-order valence-electron chi connectivity index (χ0n) is 27.0. The first-order chi connectivity index (χ1) is 18.0. The van der Waals surface area contributed by atoms with Crippen molar-refractivity contribution in [3.8, 4) is 0 Å². The summed E-state index contributed by atoms with van der Waals surface area (Å²) >= 11 is 0. The average molecular weight is 597 g/mol. The van der Waals surface area contributed by atoms with E-state index < -0.39 is 25.7 Å². The molecule has 0 radical (unpaired) electrons. The van der Waals surface area contributed by atoms with Crippen LogP contribution in [-0.2, 0) is 31.3 Å². The van der Waals surface area contributed by atoms with Crippen LogP contribution < -0.4 is 0 Å². The van der Waals surface area contributed by atoms with Crippen LogP contribution in [0, 0.1) is 0 Å². The van der Waals surface area contributed by atoms with Crippen LogP contribution in [0.5, 0.6) is 0 Å². The Balaban J connectivity index is 6.58. The maximum Gasteiger partial charge on any atom is 0.358 e. The van der Waals surface area contributed by atoms with Crippen LogP contribution in [0.2, 0.25) is 16.6 Å². The van der Waals surface area contributed by atoms with Gasteiger partial charge < -0.3 is 31.3 Å². The van der Waals surface area contributed by atoms with E-state index in [-0.39, 0.29) is 16.6 Å². The number of rotatable bonds is 26. The molecule has 0 saturated carbocycles. The predicted molar refractivity (Wildman–Crippen MR) is 165 cm³/mol. The minimum absolute atomic E-state index is 0.132. The van der Waals surface area contributed by atoms with Crippen molar-refractivity contribution in [2.24, 2.45) is 0 Å². The monoisotopic (exact) mass is 596 g/mol. The second-order valence-electron chi connectivity index (χ2n) is 11.2. The van der Waals surface area contributed by atoms with Gasteiger partial charge in [0, 0.05) is 33.0 Å². The summed E-state index contributed by atoms with van der Waals surface area (Å²) in [6.45, 7) is 27.2. The molecule has 0 heterocycles. The van der Waals surface area contributed by atoms with E-state index >= 15 is 0 Å². The van der Waals surface area contributed by atoms with E-state index in [1.54, 1.807) is 0 Å². The van der Waals surface area contributed by atoms with E-state index in [1.165, 1.54) is 0 Å². The Kier molecular flexibility index (Phi) is 21.3. The van der Waals surface area contributed by atoms with E-state index in [2.05, 4.69) is 62.3 Å². The third-order valence-electron chi connectivity index (χ3n) is 6.94.